The number of alkyl halides is 2. The molecule has 15 heavy (non-hydrogen) atoms. The van der Waals surface area contributed by atoms with E-state index in [2.05, 4.69) is 0 Å². The van der Waals surface area contributed by atoms with E-state index in [1.54, 1.807) is 0 Å². The first kappa shape index (κ1) is 12.1. The van der Waals surface area contributed by atoms with Crippen LogP contribution < -0.4 is 5.73 Å². The summed E-state index contributed by atoms with van der Waals surface area (Å²) in [6, 6.07) is 4.97. The van der Waals surface area contributed by atoms with Crippen LogP contribution in [0.25, 0.3) is 0 Å². The normalized spacial score (nSPS) is 12.8. The van der Waals surface area contributed by atoms with Crippen molar-refractivity contribution < 1.29 is 17.2 Å². The van der Waals surface area contributed by atoms with E-state index < -0.39 is 27.9 Å². The topological polar surface area (TPSA) is 60.2 Å². The summed E-state index contributed by atoms with van der Waals surface area (Å²) in [6.07, 6.45) is 0.887. The molecule has 2 N–H and O–H groups in total. The molecule has 0 bridgehead atoms. The molecule has 0 unspecified atom stereocenters. The Balaban J connectivity index is 3.44. The number of halogens is 2. The van der Waals surface area contributed by atoms with Gasteiger partial charge in [0.05, 0.1) is 11.4 Å². The number of hydrogen-bond donors (Lipinski definition) is 1. The predicted molar refractivity (Wildman–Crippen MR) is 52.5 cm³/mol. The predicted octanol–water partition coefficient (Wildman–Crippen LogP) is 1.14. The first-order chi connectivity index (χ1) is 6.79. The molecule has 3 nitrogen and oxygen atoms in total. The van der Waals surface area contributed by atoms with Gasteiger partial charge < -0.3 is 5.73 Å². The maximum absolute atomic E-state index is 13.3. The summed E-state index contributed by atoms with van der Waals surface area (Å²) in [5.74, 6) is -3.32. The van der Waals surface area contributed by atoms with Gasteiger partial charge in [0, 0.05) is 11.8 Å². The molecule has 0 fully saturated rings. The largest absolute Gasteiger partial charge is 0.325 e. The van der Waals surface area contributed by atoms with E-state index in [1.165, 1.54) is 12.1 Å². The first-order valence-corrected chi connectivity index (χ1v) is 6.05. The molecule has 0 spiro atoms. The molecule has 0 amide bonds. The molecule has 0 heterocycles. The minimum atomic E-state index is -3.66. The summed E-state index contributed by atoms with van der Waals surface area (Å²) < 4.78 is 49.1. The van der Waals surface area contributed by atoms with Crippen LogP contribution in [0.1, 0.15) is 5.56 Å². The van der Waals surface area contributed by atoms with Crippen LogP contribution in [0.15, 0.2) is 29.2 Å². The van der Waals surface area contributed by atoms with Crippen molar-refractivity contribution in [2.45, 2.75) is 10.8 Å². The number of benzene rings is 1. The van der Waals surface area contributed by atoms with Crippen LogP contribution in [0.2, 0.25) is 0 Å². The van der Waals surface area contributed by atoms with E-state index in [-0.39, 0.29) is 4.90 Å². The Labute approximate surface area is 86.8 Å². The summed E-state index contributed by atoms with van der Waals surface area (Å²) in [7, 11) is -3.66. The fraction of sp³-hybridized carbons (Fsp3) is 0.333. The Bertz CT molecular complexity index is 457. The van der Waals surface area contributed by atoms with E-state index in [1.807, 2.05) is 0 Å². The van der Waals surface area contributed by atoms with Crippen molar-refractivity contribution in [2.75, 3.05) is 12.8 Å². The van der Waals surface area contributed by atoms with Crippen molar-refractivity contribution >= 4 is 9.84 Å². The van der Waals surface area contributed by atoms with Gasteiger partial charge in [-0.25, -0.2) is 8.42 Å². The Morgan fingerprint density at radius 2 is 1.87 bits per heavy atom. The lowest BCUT2D eigenvalue weighted by Crippen LogP contribution is -2.27. The molecule has 0 saturated heterocycles. The van der Waals surface area contributed by atoms with E-state index in [0.29, 0.717) is 0 Å². The van der Waals surface area contributed by atoms with Crippen LogP contribution in [0, 0.1) is 0 Å². The van der Waals surface area contributed by atoms with Gasteiger partial charge in [0.1, 0.15) is 0 Å². The van der Waals surface area contributed by atoms with Crippen LogP contribution in [0.4, 0.5) is 8.78 Å². The Morgan fingerprint density at radius 1 is 1.33 bits per heavy atom. The second-order valence-corrected chi connectivity index (χ2v) is 5.16. The van der Waals surface area contributed by atoms with E-state index in [9.17, 15) is 17.2 Å². The maximum Gasteiger partial charge on any atom is 0.286 e. The molecular formula is C9H11F2NO2S. The highest BCUT2D eigenvalue weighted by Crippen LogP contribution is 2.31. The molecule has 0 aliphatic rings. The first-order valence-electron chi connectivity index (χ1n) is 4.16. The van der Waals surface area contributed by atoms with Crippen molar-refractivity contribution in [2.24, 2.45) is 5.73 Å². The Morgan fingerprint density at radius 3 is 2.33 bits per heavy atom. The summed E-state index contributed by atoms with van der Waals surface area (Å²) in [4.78, 5) is -0.375. The smallest absolute Gasteiger partial charge is 0.286 e. The number of sulfone groups is 1. The van der Waals surface area contributed by atoms with Crippen LogP contribution >= 0.6 is 0 Å². The van der Waals surface area contributed by atoms with Gasteiger partial charge in [-0.1, -0.05) is 18.2 Å². The van der Waals surface area contributed by atoms with E-state index in [4.69, 9.17) is 5.73 Å². The van der Waals surface area contributed by atoms with Gasteiger partial charge in [0.2, 0.25) is 0 Å². The third-order valence-corrected chi connectivity index (χ3v) is 3.09. The third-order valence-electron chi connectivity index (χ3n) is 1.94. The molecule has 0 atom stereocenters. The average molecular weight is 235 g/mol. The molecule has 1 rings (SSSR count). The van der Waals surface area contributed by atoms with Gasteiger partial charge in [-0.2, -0.15) is 8.78 Å². The van der Waals surface area contributed by atoms with Gasteiger partial charge >= 0.3 is 0 Å². The van der Waals surface area contributed by atoms with Crippen LogP contribution in [0.5, 0.6) is 0 Å². The molecule has 0 aliphatic heterocycles. The maximum atomic E-state index is 13.3. The lowest BCUT2D eigenvalue weighted by Gasteiger charge is -2.17. The zero-order valence-electron chi connectivity index (χ0n) is 8.07. The monoisotopic (exact) mass is 235 g/mol. The van der Waals surface area contributed by atoms with Crippen molar-refractivity contribution in [3.8, 4) is 0 Å². The Hall–Kier alpha value is -1.01. The molecule has 0 aliphatic carbocycles. The lowest BCUT2D eigenvalue weighted by atomic mass is 10.1. The van der Waals surface area contributed by atoms with Crippen LogP contribution in [-0.2, 0) is 15.8 Å². The molecule has 0 saturated carbocycles. The summed E-state index contributed by atoms with van der Waals surface area (Å²) in [6.45, 7) is -0.917. The molecule has 1 aromatic carbocycles. The van der Waals surface area contributed by atoms with E-state index >= 15 is 0 Å². The van der Waals surface area contributed by atoms with Gasteiger partial charge in [-0.05, 0) is 6.07 Å². The molecule has 84 valence electrons. The number of hydrogen-bond acceptors (Lipinski definition) is 3. The highest BCUT2D eigenvalue weighted by molar-refractivity contribution is 7.90. The third kappa shape index (κ3) is 2.51. The summed E-state index contributed by atoms with van der Waals surface area (Å²) in [5, 5.41) is 0. The molecule has 6 heteroatoms. The van der Waals surface area contributed by atoms with Gasteiger partial charge in [0.25, 0.3) is 5.92 Å². The lowest BCUT2D eigenvalue weighted by molar-refractivity contribution is 0.00302. The van der Waals surface area contributed by atoms with Crippen molar-refractivity contribution in [3.05, 3.63) is 29.8 Å². The van der Waals surface area contributed by atoms with Crippen molar-refractivity contribution in [1.82, 2.24) is 0 Å². The van der Waals surface area contributed by atoms with Gasteiger partial charge in [0.15, 0.2) is 9.84 Å². The average Bonchev–Trinajstić information content (AvgIpc) is 2.16. The van der Waals surface area contributed by atoms with Crippen molar-refractivity contribution in [3.63, 3.8) is 0 Å². The molecule has 1 aromatic rings. The van der Waals surface area contributed by atoms with Gasteiger partial charge in [-0.15, -0.1) is 0 Å². The van der Waals surface area contributed by atoms with Gasteiger partial charge in [-0.3, -0.25) is 0 Å². The minimum Gasteiger partial charge on any atom is -0.325 e. The quantitative estimate of drug-likeness (QED) is 0.854. The molecule has 0 aromatic heterocycles. The SMILES string of the molecule is CS(=O)(=O)c1ccccc1C(F)(F)CN. The second-order valence-electron chi connectivity index (χ2n) is 3.18. The van der Waals surface area contributed by atoms with Crippen LogP contribution in [-0.4, -0.2) is 21.2 Å². The fourth-order valence-electron chi connectivity index (χ4n) is 1.20. The minimum absolute atomic E-state index is 0.375. The molecule has 0 radical (unpaired) electrons. The standard InChI is InChI=1S/C9H11F2NO2S/c1-15(13,14)8-5-3-2-4-7(8)9(10,11)6-12/h2-5H,6,12H2,1H3. The summed E-state index contributed by atoms with van der Waals surface area (Å²) in [5.41, 5.74) is 4.36. The number of rotatable bonds is 3. The van der Waals surface area contributed by atoms with E-state index in [0.717, 1.165) is 18.4 Å². The van der Waals surface area contributed by atoms with Crippen molar-refractivity contribution in [1.29, 1.82) is 0 Å². The second kappa shape index (κ2) is 3.86. The summed E-state index contributed by atoms with van der Waals surface area (Å²) >= 11 is 0. The Kier molecular flexibility index (Phi) is 3.11. The fourth-order valence-corrected chi connectivity index (χ4v) is 2.14. The highest BCUT2D eigenvalue weighted by Gasteiger charge is 2.34. The zero-order chi connectivity index (χ0) is 11.7. The molecular weight excluding hydrogens is 224 g/mol. The van der Waals surface area contributed by atoms with Crippen LogP contribution in [0.3, 0.4) is 0 Å². The zero-order valence-corrected chi connectivity index (χ0v) is 8.89. The highest BCUT2D eigenvalue weighted by atomic mass is 32.2. The number of nitrogens with two attached hydrogens (primary N) is 1.